The van der Waals surface area contributed by atoms with Gasteiger partial charge in [-0.1, -0.05) is 30.3 Å². The lowest BCUT2D eigenvalue weighted by atomic mass is 9.91. The lowest BCUT2D eigenvalue weighted by Gasteiger charge is -2.22. The number of hydrogen-bond acceptors (Lipinski definition) is 6. The first-order valence-corrected chi connectivity index (χ1v) is 8.54. The topological polar surface area (TPSA) is 112 Å². The van der Waals surface area contributed by atoms with Gasteiger partial charge in [-0.15, -0.1) is 10.2 Å². The van der Waals surface area contributed by atoms with E-state index >= 15 is 0 Å². The van der Waals surface area contributed by atoms with Crippen molar-refractivity contribution >= 4 is 11.9 Å². The first kappa shape index (κ1) is 17.4. The smallest absolute Gasteiger partial charge is 0.325 e. The normalized spacial score (nSPS) is 18.8. The third kappa shape index (κ3) is 2.89. The highest BCUT2D eigenvalue weighted by atomic mass is 16.4. The van der Waals surface area contributed by atoms with Crippen LogP contribution in [0.2, 0.25) is 0 Å². The second-order valence-corrected chi connectivity index (χ2v) is 6.50. The molecule has 28 heavy (non-hydrogen) atoms. The summed E-state index contributed by atoms with van der Waals surface area (Å²) >= 11 is 0. The van der Waals surface area contributed by atoms with Crippen LogP contribution < -0.4 is 5.32 Å². The number of benzene rings is 2. The summed E-state index contributed by atoms with van der Waals surface area (Å²) in [6.45, 7) is 1.49. The fraction of sp³-hybridized carbons (Fsp3) is 0.150. The van der Waals surface area contributed by atoms with Crippen molar-refractivity contribution in [1.29, 1.82) is 5.26 Å². The SMILES string of the molecule is CC1(c2ccc(C#N)cc2)NC(=O)N(Cc2nnc(-c3ccccc3)o2)C1=O. The van der Waals surface area contributed by atoms with Crippen molar-refractivity contribution in [3.8, 4) is 17.5 Å². The van der Waals surface area contributed by atoms with E-state index in [1.807, 2.05) is 36.4 Å². The van der Waals surface area contributed by atoms with Crippen molar-refractivity contribution in [1.82, 2.24) is 20.4 Å². The van der Waals surface area contributed by atoms with E-state index in [1.54, 1.807) is 31.2 Å². The molecule has 138 valence electrons. The van der Waals surface area contributed by atoms with Gasteiger partial charge in [-0.3, -0.25) is 9.69 Å². The summed E-state index contributed by atoms with van der Waals surface area (Å²) in [5, 5.41) is 19.5. The monoisotopic (exact) mass is 373 g/mol. The van der Waals surface area contributed by atoms with E-state index in [9.17, 15) is 9.59 Å². The standard InChI is InChI=1S/C20H15N5O3/c1-20(15-9-7-13(11-21)8-10-15)18(26)25(19(27)22-20)12-16-23-24-17(28-16)14-5-3-2-4-6-14/h2-10H,12H2,1H3,(H,22,27). The average molecular weight is 373 g/mol. The van der Waals surface area contributed by atoms with Gasteiger partial charge in [-0.2, -0.15) is 5.26 Å². The molecule has 1 unspecified atom stereocenters. The van der Waals surface area contributed by atoms with Gasteiger partial charge in [0.15, 0.2) is 0 Å². The van der Waals surface area contributed by atoms with Crippen LogP contribution >= 0.6 is 0 Å². The minimum Gasteiger partial charge on any atom is -0.419 e. The van der Waals surface area contributed by atoms with Crippen molar-refractivity contribution in [3.05, 3.63) is 71.6 Å². The van der Waals surface area contributed by atoms with Crippen molar-refractivity contribution in [2.75, 3.05) is 0 Å². The Morgan fingerprint density at radius 3 is 2.50 bits per heavy atom. The molecule has 1 aliphatic rings. The first-order valence-electron chi connectivity index (χ1n) is 8.54. The van der Waals surface area contributed by atoms with Crippen LogP contribution in [0, 0.1) is 11.3 Å². The highest BCUT2D eigenvalue weighted by molar-refractivity contribution is 6.07. The second-order valence-electron chi connectivity index (χ2n) is 6.50. The number of nitrogens with zero attached hydrogens (tertiary/aromatic N) is 4. The third-order valence-electron chi connectivity index (χ3n) is 4.65. The van der Waals surface area contributed by atoms with Gasteiger partial charge in [0.05, 0.1) is 11.6 Å². The fourth-order valence-corrected chi connectivity index (χ4v) is 3.06. The Morgan fingerprint density at radius 2 is 1.82 bits per heavy atom. The molecule has 1 saturated heterocycles. The van der Waals surface area contributed by atoms with E-state index in [-0.39, 0.29) is 12.4 Å². The molecule has 1 N–H and O–H groups in total. The summed E-state index contributed by atoms with van der Waals surface area (Å²) in [4.78, 5) is 26.4. The van der Waals surface area contributed by atoms with Gasteiger partial charge < -0.3 is 9.73 Å². The molecule has 1 atom stereocenters. The van der Waals surface area contributed by atoms with E-state index in [4.69, 9.17) is 9.68 Å². The van der Waals surface area contributed by atoms with Crippen LogP contribution in [0.25, 0.3) is 11.5 Å². The molecular weight excluding hydrogens is 358 g/mol. The number of nitrogens with one attached hydrogen (secondary N) is 1. The van der Waals surface area contributed by atoms with Gasteiger partial charge in [-0.25, -0.2) is 4.79 Å². The van der Waals surface area contributed by atoms with Crippen LogP contribution in [-0.4, -0.2) is 27.0 Å². The molecule has 0 bridgehead atoms. The zero-order chi connectivity index (χ0) is 19.7. The minimum absolute atomic E-state index is 0.129. The van der Waals surface area contributed by atoms with Crippen LogP contribution in [0.3, 0.4) is 0 Å². The van der Waals surface area contributed by atoms with Crippen LogP contribution in [0.1, 0.15) is 23.9 Å². The highest BCUT2D eigenvalue weighted by Crippen LogP contribution is 2.30. The van der Waals surface area contributed by atoms with Gasteiger partial charge in [-0.05, 0) is 36.8 Å². The molecule has 3 aromatic rings. The molecule has 1 fully saturated rings. The number of carbonyl (C=O) groups excluding carboxylic acids is 2. The largest absolute Gasteiger partial charge is 0.419 e. The number of nitriles is 1. The summed E-state index contributed by atoms with van der Waals surface area (Å²) in [6, 6.07) is 17.2. The van der Waals surface area contributed by atoms with Crippen LogP contribution in [0.4, 0.5) is 4.79 Å². The number of amides is 3. The maximum Gasteiger partial charge on any atom is 0.325 e. The van der Waals surface area contributed by atoms with Crippen LogP contribution in [0.5, 0.6) is 0 Å². The maximum atomic E-state index is 13.0. The fourth-order valence-electron chi connectivity index (χ4n) is 3.06. The number of urea groups is 1. The van der Waals surface area contributed by atoms with Gasteiger partial charge >= 0.3 is 6.03 Å². The molecule has 1 aromatic heterocycles. The number of imide groups is 1. The Morgan fingerprint density at radius 1 is 1.11 bits per heavy atom. The van der Waals surface area contributed by atoms with Crippen molar-refractivity contribution < 1.29 is 14.0 Å². The van der Waals surface area contributed by atoms with Crippen LogP contribution in [0.15, 0.2) is 59.0 Å². The zero-order valence-corrected chi connectivity index (χ0v) is 14.9. The number of hydrogen-bond donors (Lipinski definition) is 1. The Kier molecular flexibility index (Phi) is 4.12. The minimum atomic E-state index is -1.23. The molecular formula is C20H15N5O3. The second kappa shape index (κ2) is 6.63. The molecule has 0 saturated carbocycles. The summed E-state index contributed by atoms with van der Waals surface area (Å²) < 4.78 is 5.60. The van der Waals surface area contributed by atoms with Gasteiger partial charge in [0.1, 0.15) is 12.1 Å². The van der Waals surface area contributed by atoms with E-state index in [2.05, 4.69) is 15.5 Å². The molecule has 0 aliphatic carbocycles. The predicted molar refractivity (Wildman–Crippen MR) is 97.3 cm³/mol. The van der Waals surface area contributed by atoms with Crippen LogP contribution in [-0.2, 0) is 16.9 Å². The Labute approximate surface area is 160 Å². The van der Waals surface area contributed by atoms with E-state index in [0.29, 0.717) is 17.0 Å². The molecule has 8 heteroatoms. The number of rotatable bonds is 4. The van der Waals surface area contributed by atoms with E-state index < -0.39 is 17.5 Å². The Bertz CT molecular complexity index is 1090. The van der Waals surface area contributed by atoms with Crippen molar-refractivity contribution in [3.63, 3.8) is 0 Å². The quantitative estimate of drug-likeness (QED) is 0.704. The summed E-state index contributed by atoms with van der Waals surface area (Å²) in [5.41, 5.74) is 0.580. The molecule has 0 spiro atoms. The van der Waals surface area contributed by atoms with E-state index in [0.717, 1.165) is 10.5 Å². The molecule has 3 amide bonds. The summed E-state index contributed by atoms with van der Waals surface area (Å²) in [7, 11) is 0. The van der Waals surface area contributed by atoms with E-state index in [1.165, 1.54) is 0 Å². The van der Waals surface area contributed by atoms with Crippen molar-refractivity contribution in [2.24, 2.45) is 0 Å². The molecule has 0 radical (unpaired) electrons. The van der Waals surface area contributed by atoms with Gasteiger partial charge in [0.25, 0.3) is 5.91 Å². The first-order chi connectivity index (χ1) is 13.5. The molecule has 2 aromatic carbocycles. The third-order valence-corrected chi connectivity index (χ3v) is 4.65. The molecule has 8 nitrogen and oxygen atoms in total. The lowest BCUT2D eigenvalue weighted by molar-refractivity contribution is -0.131. The lowest BCUT2D eigenvalue weighted by Crippen LogP contribution is -2.40. The molecule has 1 aliphatic heterocycles. The Balaban J connectivity index is 1.56. The average Bonchev–Trinajstić information content (AvgIpc) is 3.28. The summed E-state index contributed by atoms with van der Waals surface area (Å²) in [6.07, 6.45) is 0. The highest BCUT2D eigenvalue weighted by Gasteiger charge is 2.49. The summed E-state index contributed by atoms with van der Waals surface area (Å²) in [5.74, 6) is 0.0469. The predicted octanol–water partition coefficient (Wildman–Crippen LogP) is 2.58. The zero-order valence-electron chi connectivity index (χ0n) is 14.9. The van der Waals surface area contributed by atoms with Crippen molar-refractivity contribution in [2.45, 2.75) is 19.0 Å². The maximum absolute atomic E-state index is 13.0. The molecule has 4 rings (SSSR count). The van der Waals surface area contributed by atoms with Gasteiger partial charge in [0, 0.05) is 5.56 Å². The molecule has 2 heterocycles. The Hall–Kier alpha value is -3.99. The number of carbonyl (C=O) groups is 2. The number of aromatic nitrogens is 2. The van der Waals surface area contributed by atoms with Gasteiger partial charge in [0.2, 0.25) is 11.8 Å².